The predicted octanol–water partition coefficient (Wildman–Crippen LogP) is 2.61. The van der Waals surface area contributed by atoms with Crippen molar-refractivity contribution >= 4 is 17.6 Å². The molecule has 88 valence electrons. The Hall–Kier alpha value is -1.16. The van der Waals surface area contributed by atoms with Gasteiger partial charge in [0.15, 0.2) is 0 Å². The summed E-state index contributed by atoms with van der Waals surface area (Å²) in [6, 6.07) is 8.34. The average Bonchev–Trinajstić information content (AvgIpc) is 2.30. The second-order valence-corrected chi connectivity index (χ2v) is 4.90. The minimum atomic E-state index is 0.110. The van der Waals surface area contributed by atoms with Crippen LogP contribution in [0.3, 0.4) is 0 Å². The number of hydrogen-bond donors (Lipinski definition) is 2. The first-order valence-electron chi connectivity index (χ1n) is 5.24. The number of hydrogen-bond acceptors (Lipinski definition) is 3. The van der Waals surface area contributed by atoms with Crippen LogP contribution in [0, 0.1) is 12.8 Å². The Balaban J connectivity index is 2.39. The van der Waals surface area contributed by atoms with Gasteiger partial charge in [0.1, 0.15) is 5.84 Å². The van der Waals surface area contributed by atoms with Crippen LogP contribution in [-0.2, 0) is 5.75 Å². The fourth-order valence-corrected chi connectivity index (χ4v) is 2.49. The molecule has 0 fully saturated rings. The summed E-state index contributed by atoms with van der Waals surface area (Å²) >= 11 is 1.80. The maximum absolute atomic E-state index is 8.52. The van der Waals surface area contributed by atoms with Gasteiger partial charge in [0.05, 0.1) is 0 Å². The van der Waals surface area contributed by atoms with Crippen molar-refractivity contribution in [1.82, 2.24) is 0 Å². The summed E-state index contributed by atoms with van der Waals surface area (Å²) in [5.41, 5.74) is 8.17. The van der Waals surface area contributed by atoms with E-state index in [0.717, 1.165) is 11.5 Å². The van der Waals surface area contributed by atoms with E-state index in [1.807, 2.05) is 13.0 Å². The van der Waals surface area contributed by atoms with Gasteiger partial charge in [0, 0.05) is 17.4 Å². The van der Waals surface area contributed by atoms with Gasteiger partial charge in [0.25, 0.3) is 0 Å². The van der Waals surface area contributed by atoms with Crippen LogP contribution >= 0.6 is 11.8 Å². The third kappa shape index (κ3) is 3.77. The molecule has 0 aromatic heterocycles. The van der Waals surface area contributed by atoms with Crippen molar-refractivity contribution in [2.24, 2.45) is 16.8 Å². The lowest BCUT2D eigenvalue weighted by Gasteiger charge is -2.10. The summed E-state index contributed by atoms with van der Waals surface area (Å²) in [5, 5.41) is 11.5. The standard InChI is InChI=1S/C12H18N2OS/c1-9-5-3-4-6-11(9)8-16-7-10(2)12(13)14-15/h3-6,10,15H,7-8H2,1-2H3,(H2,13,14). The number of nitrogens with two attached hydrogens (primary N) is 1. The maximum atomic E-state index is 8.52. The van der Waals surface area contributed by atoms with Crippen LogP contribution in [-0.4, -0.2) is 16.8 Å². The Labute approximate surface area is 101 Å². The summed E-state index contributed by atoms with van der Waals surface area (Å²) in [6.45, 7) is 4.07. The van der Waals surface area contributed by atoms with E-state index in [4.69, 9.17) is 10.9 Å². The minimum Gasteiger partial charge on any atom is -0.409 e. The summed E-state index contributed by atoms with van der Waals surface area (Å²) in [7, 11) is 0. The van der Waals surface area contributed by atoms with Crippen molar-refractivity contribution in [3.05, 3.63) is 35.4 Å². The van der Waals surface area contributed by atoms with Crippen LogP contribution < -0.4 is 5.73 Å². The third-order valence-electron chi connectivity index (χ3n) is 2.51. The zero-order valence-corrected chi connectivity index (χ0v) is 10.5. The molecule has 0 aliphatic heterocycles. The Morgan fingerprint density at radius 3 is 2.81 bits per heavy atom. The molecule has 0 aliphatic rings. The van der Waals surface area contributed by atoms with Crippen LogP contribution in [0.5, 0.6) is 0 Å². The summed E-state index contributed by atoms with van der Waals surface area (Å²) < 4.78 is 0. The van der Waals surface area contributed by atoms with E-state index in [0.29, 0.717) is 5.84 Å². The van der Waals surface area contributed by atoms with Crippen molar-refractivity contribution in [2.45, 2.75) is 19.6 Å². The zero-order chi connectivity index (χ0) is 12.0. The number of benzene rings is 1. The number of nitrogens with zero attached hydrogens (tertiary/aromatic N) is 1. The maximum Gasteiger partial charge on any atom is 0.142 e. The van der Waals surface area contributed by atoms with Crippen LogP contribution in [0.4, 0.5) is 0 Å². The minimum absolute atomic E-state index is 0.110. The van der Waals surface area contributed by atoms with Crippen molar-refractivity contribution < 1.29 is 5.21 Å². The molecule has 0 saturated heterocycles. The lowest BCUT2D eigenvalue weighted by molar-refractivity contribution is 0.315. The Morgan fingerprint density at radius 1 is 1.50 bits per heavy atom. The Kier molecular flexibility index (Phi) is 5.19. The number of aryl methyl sites for hydroxylation is 1. The molecular weight excluding hydrogens is 220 g/mol. The number of rotatable bonds is 5. The quantitative estimate of drug-likeness (QED) is 0.359. The van der Waals surface area contributed by atoms with Gasteiger partial charge in [-0.05, 0) is 18.1 Å². The van der Waals surface area contributed by atoms with Gasteiger partial charge in [-0.1, -0.05) is 36.3 Å². The van der Waals surface area contributed by atoms with E-state index in [9.17, 15) is 0 Å². The molecule has 1 rings (SSSR count). The van der Waals surface area contributed by atoms with E-state index >= 15 is 0 Å². The van der Waals surface area contributed by atoms with Gasteiger partial charge < -0.3 is 10.9 Å². The van der Waals surface area contributed by atoms with E-state index < -0.39 is 0 Å². The highest BCUT2D eigenvalue weighted by atomic mass is 32.2. The largest absolute Gasteiger partial charge is 0.409 e. The van der Waals surface area contributed by atoms with E-state index in [1.165, 1.54) is 11.1 Å². The van der Waals surface area contributed by atoms with Crippen molar-refractivity contribution in [3.63, 3.8) is 0 Å². The van der Waals surface area contributed by atoms with E-state index in [-0.39, 0.29) is 5.92 Å². The molecule has 0 saturated carbocycles. The molecule has 0 amide bonds. The highest BCUT2D eigenvalue weighted by molar-refractivity contribution is 7.98. The van der Waals surface area contributed by atoms with Crippen molar-refractivity contribution in [1.29, 1.82) is 0 Å². The van der Waals surface area contributed by atoms with Crippen molar-refractivity contribution in [2.75, 3.05) is 5.75 Å². The van der Waals surface area contributed by atoms with E-state index in [2.05, 4.69) is 30.3 Å². The van der Waals surface area contributed by atoms with E-state index in [1.54, 1.807) is 11.8 Å². The van der Waals surface area contributed by atoms with Gasteiger partial charge in [-0.25, -0.2) is 0 Å². The number of oxime groups is 1. The molecule has 3 N–H and O–H groups in total. The SMILES string of the molecule is Cc1ccccc1CSCC(C)C(N)=NO. The third-order valence-corrected chi connectivity index (χ3v) is 3.76. The highest BCUT2D eigenvalue weighted by Gasteiger charge is 2.07. The normalized spacial score (nSPS) is 13.8. The fraction of sp³-hybridized carbons (Fsp3) is 0.417. The Bertz CT molecular complexity index is 366. The summed E-state index contributed by atoms with van der Waals surface area (Å²) in [6.07, 6.45) is 0. The van der Waals surface area contributed by atoms with Crippen LogP contribution in [0.1, 0.15) is 18.1 Å². The molecule has 0 heterocycles. The monoisotopic (exact) mass is 238 g/mol. The molecule has 1 unspecified atom stereocenters. The summed E-state index contributed by atoms with van der Waals surface area (Å²) in [5.74, 6) is 2.25. The molecule has 16 heavy (non-hydrogen) atoms. The smallest absolute Gasteiger partial charge is 0.142 e. The van der Waals surface area contributed by atoms with Gasteiger partial charge in [-0.2, -0.15) is 11.8 Å². The highest BCUT2D eigenvalue weighted by Crippen LogP contribution is 2.18. The van der Waals surface area contributed by atoms with Gasteiger partial charge in [-0.15, -0.1) is 0 Å². The first-order chi connectivity index (χ1) is 7.65. The van der Waals surface area contributed by atoms with Gasteiger partial charge in [0.2, 0.25) is 0 Å². The van der Waals surface area contributed by atoms with Crippen LogP contribution in [0.25, 0.3) is 0 Å². The zero-order valence-electron chi connectivity index (χ0n) is 9.68. The fourth-order valence-electron chi connectivity index (χ4n) is 1.30. The second kappa shape index (κ2) is 6.43. The van der Waals surface area contributed by atoms with Crippen LogP contribution in [0.15, 0.2) is 29.4 Å². The predicted molar refractivity (Wildman–Crippen MR) is 69.9 cm³/mol. The molecule has 0 spiro atoms. The molecule has 1 aromatic carbocycles. The molecule has 1 atom stereocenters. The lowest BCUT2D eigenvalue weighted by Crippen LogP contribution is -2.23. The van der Waals surface area contributed by atoms with Gasteiger partial charge in [-0.3, -0.25) is 0 Å². The molecule has 4 heteroatoms. The first-order valence-corrected chi connectivity index (χ1v) is 6.40. The number of amidine groups is 1. The average molecular weight is 238 g/mol. The molecule has 1 aromatic rings. The van der Waals surface area contributed by atoms with Crippen molar-refractivity contribution in [3.8, 4) is 0 Å². The number of thioether (sulfide) groups is 1. The molecule has 0 aliphatic carbocycles. The second-order valence-electron chi connectivity index (χ2n) is 3.87. The van der Waals surface area contributed by atoms with Crippen LogP contribution in [0.2, 0.25) is 0 Å². The van der Waals surface area contributed by atoms with Gasteiger partial charge >= 0.3 is 0 Å². The molecule has 0 bridgehead atoms. The topological polar surface area (TPSA) is 58.6 Å². The molecule has 3 nitrogen and oxygen atoms in total. The molecule has 0 radical (unpaired) electrons. The molecular formula is C12H18N2OS. The lowest BCUT2D eigenvalue weighted by atomic mass is 10.1. The summed E-state index contributed by atoms with van der Waals surface area (Å²) in [4.78, 5) is 0. The Morgan fingerprint density at radius 2 is 2.19 bits per heavy atom. The first kappa shape index (κ1) is 12.9.